The van der Waals surface area contributed by atoms with Crippen LogP contribution in [0.3, 0.4) is 0 Å². The molecule has 4 nitrogen and oxygen atoms in total. The zero-order valence-corrected chi connectivity index (χ0v) is 12.2. The van der Waals surface area contributed by atoms with Crippen LogP contribution in [0.4, 0.5) is 5.69 Å². The third-order valence-electron chi connectivity index (χ3n) is 3.54. The van der Waals surface area contributed by atoms with Gasteiger partial charge in [0.2, 0.25) is 5.91 Å². The molecule has 0 aromatic heterocycles. The summed E-state index contributed by atoms with van der Waals surface area (Å²) in [6.45, 7) is 1.98. The quantitative estimate of drug-likeness (QED) is 0.896. The summed E-state index contributed by atoms with van der Waals surface area (Å²) in [5.74, 6) is -1.47. The van der Waals surface area contributed by atoms with Gasteiger partial charge in [-0.05, 0) is 59.8 Å². The van der Waals surface area contributed by atoms with E-state index in [0.29, 0.717) is 19.3 Å². The molecular weight excluding hydrogens is 310 g/mol. The maximum atomic E-state index is 12.1. The van der Waals surface area contributed by atoms with Crippen molar-refractivity contribution in [1.29, 1.82) is 0 Å². The molecule has 0 aliphatic heterocycles. The largest absolute Gasteiger partial charge is 0.481 e. The lowest BCUT2D eigenvalue weighted by atomic mass is 10.0. The highest BCUT2D eigenvalue weighted by molar-refractivity contribution is 9.10. The van der Waals surface area contributed by atoms with Crippen LogP contribution < -0.4 is 5.32 Å². The first kappa shape index (κ1) is 14.1. The molecule has 0 saturated heterocycles. The van der Waals surface area contributed by atoms with E-state index >= 15 is 0 Å². The molecule has 2 unspecified atom stereocenters. The molecule has 2 rings (SSSR count). The molecule has 19 heavy (non-hydrogen) atoms. The van der Waals surface area contributed by atoms with Crippen LogP contribution in [-0.4, -0.2) is 17.0 Å². The van der Waals surface area contributed by atoms with E-state index in [1.54, 1.807) is 0 Å². The first-order chi connectivity index (χ1) is 8.97. The van der Waals surface area contributed by atoms with E-state index in [4.69, 9.17) is 5.11 Å². The molecule has 1 aromatic carbocycles. The predicted molar refractivity (Wildman–Crippen MR) is 76.0 cm³/mol. The molecule has 1 aliphatic rings. The van der Waals surface area contributed by atoms with Gasteiger partial charge in [0.05, 0.1) is 11.6 Å². The van der Waals surface area contributed by atoms with Gasteiger partial charge < -0.3 is 10.4 Å². The Kier molecular flexibility index (Phi) is 4.24. The molecule has 1 fully saturated rings. The molecule has 0 radical (unpaired) electrons. The number of carbonyl (C=O) groups is 2. The number of amides is 1. The van der Waals surface area contributed by atoms with Crippen molar-refractivity contribution in [3.05, 3.63) is 28.2 Å². The van der Waals surface area contributed by atoms with Gasteiger partial charge in [-0.3, -0.25) is 9.59 Å². The average molecular weight is 326 g/mol. The molecule has 2 atom stereocenters. The van der Waals surface area contributed by atoms with Gasteiger partial charge in [-0.1, -0.05) is 6.07 Å². The lowest BCUT2D eigenvalue weighted by molar-refractivity contribution is -0.141. The van der Waals surface area contributed by atoms with E-state index in [2.05, 4.69) is 21.2 Å². The van der Waals surface area contributed by atoms with Crippen LogP contribution in [0.5, 0.6) is 0 Å². The number of anilines is 1. The van der Waals surface area contributed by atoms with Crippen molar-refractivity contribution < 1.29 is 14.7 Å². The number of aryl methyl sites for hydroxylation is 1. The van der Waals surface area contributed by atoms with E-state index < -0.39 is 5.97 Å². The van der Waals surface area contributed by atoms with Crippen LogP contribution in [0.1, 0.15) is 24.8 Å². The predicted octanol–water partition coefficient (Wildman–Crippen LogP) is 3.20. The number of aliphatic carboxylic acids is 1. The molecule has 1 saturated carbocycles. The van der Waals surface area contributed by atoms with Crippen molar-refractivity contribution in [2.24, 2.45) is 11.8 Å². The Hall–Kier alpha value is -1.36. The number of nitrogens with one attached hydrogen (secondary N) is 1. The van der Waals surface area contributed by atoms with E-state index in [-0.39, 0.29) is 17.7 Å². The Balaban J connectivity index is 2.00. The zero-order chi connectivity index (χ0) is 14.0. The summed E-state index contributed by atoms with van der Waals surface area (Å²) in [6.07, 6.45) is 1.67. The fourth-order valence-corrected chi connectivity index (χ4v) is 2.99. The van der Waals surface area contributed by atoms with Crippen LogP contribution >= 0.6 is 15.9 Å². The van der Waals surface area contributed by atoms with Gasteiger partial charge in [0.25, 0.3) is 0 Å². The molecule has 0 spiro atoms. The van der Waals surface area contributed by atoms with Crippen molar-refractivity contribution in [2.45, 2.75) is 26.2 Å². The number of carboxylic acids is 1. The highest BCUT2D eigenvalue weighted by Crippen LogP contribution is 2.32. The van der Waals surface area contributed by atoms with Gasteiger partial charge in [-0.25, -0.2) is 0 Å². The van der Waals surface area contributed by atoms with Crippen LogP contribution in [0.2, 0.25) is 0 Å². The number of hydrogen-bond donors (Lipinski definition) is 2. The first-order valence-electron chi connectivity index (χ1n) is 6.27. The molecule has 1 amide bonds. The Morgan fingerprint density at radius 2 is 2.00 bits per heavy atom. The summed E-state index contributed by atoms with van der Waals surface area (Å²) in [6, 6.07) is 5.71. The summed E-state index contributed by atoms with van der Waals surface area (Å²) in [5.41, 5.74) is 1.84. The molecule has 1 aliphatic carbocycles. The maximum Gasteiger partial charge on any atom is 0.306 e. The van der Waals surface area contributed by atoms with Gasteiger partial charge in [0.15, 0.2) is 0 Å². The van der Waals surface area contributed by atoms with Gasteiger partial charge in [-0.15, -0.1) is 0 Å². The van der Waals surface area contributed by atoms with Crippen molar-refractivity contribution in [1.82, 2.24) is 0 Å². The van der Waals surface area contributed by atoms with Crippen LogP contribution in [0.25, 0.3) is 0 Å². The summed E-state index contributed by atoms with van der Waals surface area (Å²) in [5, 5.41) is 11.8. The normalized spacial score (nSPS) is 22.2. The summed E-state index contributed by atoms with van der Waals surface area (Å²) < 4.78 is 0.841. The first-order valence-corrected chi connectivity index (χ1v) is 7.06. The summed E-state index contributed by atoms with van der Waals surface area (Å²) >= 11 is 3.41. The van der Waals surface area contributed by atoms with Crippen molar-refractivity contribution in [2.75, 3.05) is 5.32 Å². The zero-order valence-electron chi connectivity index (χ0n) is 10.6. The van der Waals surface area contributed by atoms with Crippen molar-refractivity contribution in [3.8, 4) is 0 Å². The minimum Gasteiger partial charge on any atom is -0.481 e. The number of halogens is 1. The topological polar surface area (TPSA) is 66.4 Å². The monoisotopic (exact) mass is 325 g/mol. The molecule has 0 heterocycles. The fraction of sp³-hybridized carbons (Fsp3) is 0.429. The van der Waals surface area contributed by atoms with Crippen molar-refractivity contribution in [3.63, 3.8) is 0 Å². The standard InChI is InChI=1S/C14H16BrNO3/c1-8-2-5-12(11(15)6-8)16-13(17)9-3-4-10(7-9)14(18)19/h2,5-6,9-10H,3-4,7H2,1H3,(H,16,17)(H,18,19). The Morgan fingerprint density at radius 1 is 1.32 bits per heavy atom. The number of hydrogen-bond acceptors (Lipinski definition) is 2. The van der Waals surface area contributed by atoms with Crippen LogP contribution in [0.15, 0.2) is 22.7 Å². The average Bonchev–Trinajstić information content (AvgIpc) is 2.82. The van der Waals surface area contributed by atoms with E-state index in [1.165, 1.54) is 0 Å². The highest BCUT2D eigenvalue weighted by Gasteiger charge is 2.33. The third-order valence-corrected chi connectivity index (χ3v) is 4.19. The summed E-state index contributed by atoms with van der Waals surface area (Å²) in [7, 11) is 0. The second kappa shape index (κ2) is 5.74. The van der Waals surface area contributed by atoms with Crippen LogP contribution in [-0.2, 0) is 9.59 Å². The van der Waals surface area contributed by atoms with E-state index in [0.717, 1.165) is 15.7 Å². The fourth-order valence-electron chi connectivity index (χ4n) is 2.40. The highest BCUT2D eigenvalue weighted by atomic mass is 79.9. The van der Waals surface area contributed by atoms with Crippen LogP contribution in [0, 0.1) is 18.8 Å². The maximum absolute atomic E-state index is 12.1. The van der Waals surface area contributed by atoms with Gasteiger partial charge >= 0.3 is 5.97 Å². The second-order valence-electron chi connectivity index (χ2n) is 5.02. The second-order valence-corrected chi connectivity index (χ2v) is 5.87. The third kappa shape index (κ3) is 3.35. The Bertz CT molecular complexity index is 515. The SMILES string of the molecule is Cc1ccc(NC(=O)C2CCC(C(=O)O)C2)c(Br)c1. The van der Waals surface area contributed by atoms with Gasteiger partial charge in [0.1, 0.15) is 0 Å². The lowest BCUT2D eigenvalue weighted by Gasteiger charge is -2.12. The summed E-state index contributed by atoms with van der Waals surface area (Å²) in [4.78, 5) is 23.0. The van der Waals surface area contributed by atoms with Gasteiger partial charge in [-0.2, -0.15) is 0 Å². The lowest BCUT2D eigenvalue weighted by Crippen LogP contribution is -2.21. The number of carboxylic acid groups (broad SMARTS) is 1. The minimum absolute atomic E-state index is 0.0895. The van der Waals surface area contributed by atoms with Crippen molar-refractivity contribution >= 4 is 33.5 Å². The minimum atomic E-state index is -0.799. The van der Waals surface area contributed by atoms with E-state index in [9.17, 15) is 9.59 Å². The Labute approximate surface area is 120 Å². The molecule has 1 aromatic rings. The molecule has 2 N–H and O–H groups in total. The Morgan fingerprint density at radius 3 is 2.58 bits per heavy atom. The number of carbonyl (C=O) groups excluding carboxylic acids is 1. The van der Waals surface area contributed by atoms with Gasteiger partial charge in [0, 0.05) is 10.4 Å². The molecule has 0 bridgehead atoms. The number of rotatable bonds is 3. The number of benzene rings is 1. The van der Waals surface area contributed by atoms with E-state index in [1.807, 2.05) is 25.1 Å². The molecule has 5 heteroatoms. The smallest absolute Gasteiger partial charge is 0.306 e. The molecule has 102 valence electrons. The molecular formula is C14H16BrNO3.